The molecule has 1 heterocycles. The minimum Gasteiger partial charge on any atom is -0.488 e. The molecule has 0 aliphatic carbocycles. The van der Waals surface area contributed by atoms with E-state index in [0.29, 0.717) is 23.9 Å². The molecule has 1 aliphatic heterocycles. The predicted molar refractivity (Wildman–Crippen MR) is 109 cm³/mol. The van der Waals surface area contributed by atoms with Crippen LogP contribution in [0.15, 0.2) is 57.9 Å². The van der Waals surface area contributed by atoms with Crippen molar-refractivity contribution in [3.8, 4) is 5.75 Å². The molecule has 1 aliphatic rings. The molecule has 0 spiro atoms. The number of imide groups is 1. The highest BCUT2D eigenvalue weighted by molar-refractivity contribution is 9.10. The lowest BCUT2D eigenvalue weighted by Crippen LogP contribution is -2.31. The van der Waals surface area contributed by atoms with Gasteiger partial charge in [0.2, 0.25) is 0 Å². The first-order chi connectivity index (χ1) is 13.1. The maximum Gasteiger partial charge on any atom is 0.293 e. The van der Waals surface area contributed by atoms with Crippen molar-refractivity contribution in [2.75, 3.05) is 20.3 Å². The van der Waals surface area contributed by atoms with E-state index in [4.69, 9.17) is 9.47 Å². The minimum absolute atomic E-state index is 0.258. The molecule has 5 nitrogen and oxygen atoms in total. The second-order valence-corrected chi connectivity index (χ2v) is 7.64. The van der Waals surface area contributed by atoms with Gasteiger partial charge in [0.25, 0.3) is 11.1 Å². The minimum atomic E-state index is -0.289. The summed E-state index contributed by atoms with van der Waals surface area (Å²) in [5.41, 5.74) is 1.89. The maximum atomic E-state index is 12.4. The summed E-state index contributed by atoms with van der Waals surface area (Å²) in [7, 11) is 1.54. The summed E-state index contributed by atoms with van der Waals surface area (Å²) in [5, 5.41) is -0.273. The fraction of sp³-hybridized carbons (Fsp3) is 0.200. The van der Waals surface area contributed by atoms with Crippen molar-refractivity contribution in [2.45, 2.75) is 6.61 Å². The van der Waals surface area contributed by atoms with Crippen molar-refractivity contribution >= 4 is 44.9 Å². The van der Waals surface area contributed by atoms with E-state index in [1.165, 1.54) is 12.0 Å². The Labute approximate surface area is 170 Å². The van der Waals surface area contributed by atoms with E-state index < -0.39 is 0 Å². The number of methoxy groups -OCH3 is 1. The van der Waals surface area contributed by atoms with Gasteiger partial charge in [-0.1, -0.05) is 36.4 Å². The number of thioether (sulfide) groups is 1. The van der Waals surface area contributed by atoms with Crippen LogP contribution in [0.1, 0.15) is 11.1 Å². The monoisotopic (exact) mass is 447 g/mol. The Hall–Kier alpha value is -2.09. The summed E-state index contributed by atoms with van der Waals surface area (Å²) in [6.07, 6.45) is 1.71. The molecule has 0 aromatic heterocycles. The van der Waals surface area contributed by atoms with Crippen LogP contribution < -0.4 is 4.74 Å². The fourth-order valence-corrected chi connectivity index (χ4v) is 3.86. The summed E-state index contributed by atoms with van der Waals surface area (Å²) >= 11 is 4.44. The van der Waals surface area contributed by atoms with Crippen LogP contribution in [0.25, 0.3) is 6.08 Å². The van der Waals surface area contributed by atoms with Crippen LogP contribution in [0.5, 0.6) is 5.75 Å². The molecule has 0 unspecified atom stereocenters. The maximum absolute atomic E-state index is 12.4. The Balaban J connectivity index is 1.69. The van der Waals surface area contributed by atoms with Gasteiger partial charge in [0.15, 0.2) is 0 Å². The molecule has 0 saturated carbocycles. The molecule has 7 heteroatoms. The van der Waals surface area contributed by atoms with E-state index in [2.05, 4.69) is 15.9 Å². The van der Waals surface area contributed by atoms with Crippen molar-refractivity contribution in [3.63, 3.8) is 0 Å². The molecule has 0 atom stereocenters. The number of ether oxygens (including phenoxy) is 2. The summed E-state index contributed by atoms with van der Waals surface area (Å²) in [4.78, 5) is 25.9. The lowest BCUT2D eigenvalue weighted by Gasteiger charge is -2.11. The van der Waals surface area contributed by atoms with Gasteiger partial charge in [-0.2, -0.15) is 0 Å². The van der Waals surface area contributed by atoms with Gasteiger partial charge >= 0.3 is 0 Å². The van der Waals surface area contributed by atoms with E-state index in [0.717, 1.165) is 27.4 Å². The average Bonchev–Trinajstić information content (AvgIpc) is 2.93. The van der Waals surface area contributed by atoms with Crippen molar-refractivity contribution in [1.29, 1.82) is 0 Å². The van der Waals surface area contributed by atoms with Crippen molar-refractivity contribution < 1.29 is 19.1 Å². The Morgan fingerprint density at radius 2 is 1.93 bits per heavy atom. The normalized spacial score (nSPS) is 15.6. The Kier molecular flexibility index (Phi) is 6.71. The molecule has 27 heavy (non-hydrogen) atoms. The molecule has 140 valence electrons. The van der Waals surface area contributed by atoms with Crippen LogP contribution in [-0.2, 0) is 16.1 Å². The molecule has 0 N–H and O–H groups in total. The summed E-state index contributed by atoms with van der Waals surface area (Å²) in [6.45, 7) is 1.05. The zero-order valence-corrected chi connectivity index (χ0v) is 17.1. The number of carbonyl (C=O) groups excluding carboxylic acids is 2. The van der Waals surface area contributed by atoms with Crippen LogP contribution in [-0.4, -0.2) is 36.3 Å². The van der Waals surface area contributed by atoms with Crippen LogP contribution in [0.3, 0.4) is 0 Å². The third kappa shape index (κ3) is 5.00. The SMILES string of the molecule is COCCN1C(=O)S/C(=C/c2ccc(OCc3ccccc3)c(Br)c2)C1=O. The Morgan fingerprint density at radius 1 is 1.15 bits per heavy atom. The van der Waals surface area contributed by atoms with Crippen molar-refractivity contribution in [2.24, 2.45) is 0 Å². The lowest BCUT2D eigenvalue weighted by molar-refractivity contribution is -0.123. The van der Waals surface area contributed by atoms with Gasteiger partial charge < -0.3 is 9.47 Å². The van der Waals surface area contributed by atoms with E-state index in [9.17, 15) is 9.59 Å². The highest BCUT2D eigenvalue weighted by Crippen LogP contribution is 2.33. The van der Waals surface area contributed by atoms with Crippen LogP contribution >= 0.6 is 27.7 Å². The third-order valence-corrected chi connectivity index (χ3v) is 5.41. The van der Waals surface area contributed by atoms with Crippen LogP contribution in [0.4, 0.5) is 4.79 Å². The number of nitrogens with zero attached hydrogens (tertiary/aromatic N) is 1. The number of amides is 2. The molecule has 2 aromatic rings. The van der Waals surface area contributed by atoms with Gasteiger partial charge in [-0.25, -0.2) is 0 Å². The summed E-state index contributed by atoms with van der Waals surface area (Å²) in [6, 6.07) is 15.5. The standard InChI is InChI=1S/C20H18BrNO4S/c1-25-10-9-22-19(23)18(27-20(22)24)12-15-7-8-17(16(21)11-15)26-13-14-5-3-2-4-6-14/h2-8,11-12H,9-10,13H2,1H3/b18-12+. The average molecular weight is 448 g/mol. The largest absolute Gasteiger partial charge is 0.488 e. The lowest BCUT2D eigenvalue weighted by atomic mass is 10.2. The van der Waals surface area contributed by atoms with E-state index in [-0.39, 0.29) is 17.7 Å². The highest BCUT2D eigenvalue weighted by Gasteiger charge is 2.34. The van der Waals surface area contributed by atoms with E-state index in [1.54, 1.807) is 6.08 Å². The quantitative estimate of drug-likeness (QED) is 0.575. The molecular formula is C20H18BrNO4S. The molecule has 1 fully saturated rings. The zero-order chi connectivity index (χ0) is 19.2. The Morgan fingerprint density at radius 3 is 2.63 bits per heavy atom. The second kappa shape index (κ2) is 9.21. The first-order valence-electron chi connectivity index (χ1n) is 8.29. The van der Waals surface area contributed by atoms with Gasteiger partial charge in [-0.15, -0.1) is 0 Å². The van der Waals surface area contributed by atoms with Gasteiger partial charge in [0.05, 0.1) is 22.5 Å². The van der Waals surface area contributed by atoms with Crippen molar-refractivity contribution in [3.05, 3.63) is 69.0 Å². The summed E-state index contributed by atoms with van der Waals surface area (Å²) in [5.74, 6) is 0.423. The summed E-state index contributed by atoms with van der Waals surface area (Å²) < 4.78 is 11.6. The van der Waals surface area contributed by atoms with Gasteiger partial charge in [0.1, 0.15) is 12.4 Å². The number of carbonyl (C=O) groups is 2. The van der Waals surface area contributed by atoms with Gasteiger partial charge in [-0.05, 0) is 57.0 Å². The molecule has 0 radical (unpaired) electrons. The molecule has 1 saturated heterocycles. The molecule has 2 aromatic carbocycles. The number of hydrogen-bond donors (Lipinski definition) is 0. The van der Waals surface area contributed by atoms with Gasteiger partial charge in [-0.3, -0.25) is 14.5 Å². The number of hydrogen-bond acceptors (Lipinski definition) is 5. The third-order valence-electron chi connectivity index (χ3n) is 3.88. The molecule has 0 bridgehead atoms. The topological polar surface area (TPSA) is 55.8 Å². The second-order valence-electron chi connectivity index (χ2n) is 5.79. The smallest absolute Gasteiger partial charge is 0.293 e. The fourth-order valence-electron chi connectivity index (χ4n) is 2.49. The first-order valence-corrected chi connectivity index (χ1v) is 9.90. The van der Waals surface area contributed by atoms with Crippen LogP contribution in [0, 0.1) is 0 Å². The number of halogens is 1. The van der Waals surface area contributed by atoms with Crippen molar-refractivity contribution in [1.82, 2.24) is 4.90 Å². The van der Waals surface area contributed by atoms with Crippen LogP contribution in [0.2, 0.25) is 0 Å². The van der Waals surface area contributed by atoms with E-state index >= 15 is 0 Å². The van der Waals surface area contributed by atoms with E-state index in [1.807, 2.05) is 48.5 Å². The predicted octanol–water partition coefficient (Wildman–Crippen LogP) is 4.71. The number of benzene rings is 2. The first kappa shape index (κ1) is 19.7. The molecule has 3 rings (SSSR count). The molecule has 2 amide bonds. The Bertz CT molecular complexity index is 870. The highest BCUT2D eigenvalue weighted by atomic mass is 79.9. The number of rotatable bonds is 7. The zero-order valence-electron chi connectivity index (χ0n) is 14.7. The molecular weight excluding hydrogens is 430 g/mol. The van der Waals surface area contributed by atoms with Gasteiger partial charge in [0, 0.05) is 7.11 Å².